The predicted molar refractivity (Wildman–Crippen MR) is 81.5 cm³/mol. The number of halogens is 2. The van der Waals surface area contributed by atoms with Gasteiger partial charge in [0.25, 0.3) is 0 Å². The van der Waals surface area contributed by atoms with Crippen LogP contribution in [0.1, 0.15) is 35.3 Å². The molecule has 2 aromatic carbocycles. The number of anilines is 1. The summed E-state index contributed by atoms with van der Waals surface area (Å²) >= 11 is 5.84. The molecule has 0 amide bonds. The molecule has 0 saturated carbocycles. The number of benzene rings is 2. The summed E-state index contributed by atoms with van der Waals surface area (Å²) in [6.07, 6.45) is 0.731. The van der Waals surface area contributed by atoms with Crippen LogP contribution in [0.15, 0.2) is 42.5 Å². The summed E-state index contributed by atoms with van der Waals surface area (Å²) in [5, 5.41) is 12.5. The summed E-state index contributed by atoms with van der Waals surface area (Å²) < 4.78 is 13.3. The topological polar surface area (TPSA) is 49.3 Å². The first-order valence-electron chi connectivity index (χ1n) is 6.56. The lowest BCUT2D eigenvalue weighted by atomic mass is 10.0. The van der Waals surface area contributed by atoms with E-state index in [1.807, 2.05) is 13.0 Å². The molecule has 1 unspecified atom stereocenters. The van der Waals surface area contributed by atoms with E-state index in [-0.39, 0.29) is 22.4 Å². The van der Waals surface area contributed by atoms with Crippen molar-refractivity contribution in [1.29, 1.82) is 0 Å². The van der Waals surface area contributed by atoms with Crippen LogP contribution < -0.4 is 5.32 Å². The van der Waals surface area contributed by atoms with Crippen molar-refractivity contribution in [2.75, 3.05) is 5.32 Å². The standard InChI is InChI=1S/C16H15ClFNO2/c1-2-15(10-4-3-5-11(18)8-10)19-12-6-7-14(17)13(9-12)16(20)21/h3-9,15,19H,2H2,1H3,(H,20,21). The van der Waals surface area contributed by atoms with Gasteiger partial charge in [0.1, 0.15) is 5.82 Å². The number of nitrogens with one attached hydrogen (secondary N) is 1. The van der Waals surface area contributed by atoms with Crippen LogP contribution >= 0.6 is 11.6 Å². The fourth-order valence-electron chi connectivity index (χ4n) is 2.12. The SMILES string of the molecule is CCC(Nc1ccc(Cl)c(C(=O)O)c1)c1cccc(F)c1. The number of hydrogen-bond acceptors (Lipinski definition) is 2. The first kappa shape index (κ1) is 15.3. The maximum absolute atomic E-state index is 13.3. The van der Waals surface area contributed by atoms with Gasteiger partial charge in [-0.3, -0.25) is 0 Å². The molecular formula is C16H15ClFNO2. The third-order valence-electron chi connectivity index (χ3n) is 3.20. The Labute approximate surface area is 127 Å². The second-order valence-electron chi connectivity index (χ2n) is 4.66. The Morgan fingerprint density at radius 1 is 1.33 bits per heavy atom. The first-order chi connectivity index (χ1) is 10.0. The van der Waals surface area contributed by atoms with Crippen molar-refractivity contribution in [1.82, 2.24) is 0 Å². The van der Waals surface area contributed by atoms with Gasteiger partial charge in [-0.05, 0) is 42.3 Å². The van der Waals surface area contributed by atoms with Crippen molar-refractivity contribution in [2.45, 2.75) is 19.4 Å². The van der Waals surface area contributed by atoms with Crippen molar-refractivity contribution >= 4 is 23.3 Å². The first-order valence-corrected chi connectivity index (χ1v) is 6.94. The zero-order chi connectivity index (χ0) is 15.4. The van der Waals surface area contributed by atoms with Gasteiger partial charge in [-0.25, -0.2) is 9.18 Å². The Hall–Kier alpha value is -2.07. The lowest BCUT2D eigenvalue weighted by molar-refractivity contribution is 0.0697. The molecule has 0 saturated heterocycles. The maximum Gasteiger partial charge on any atom is 0.337 e. The third kappa shape index (κ3) is 3.73. The molecule has 2 aromatic rings. The van der Waals surface area contributed by atoms with E-state index < -0.39 is 5.97 Å². The van der Waals surface area contributed by atoms with Crippen LogP contribution in [-0.4, -0.2) is 11.1 Å². The van der Waals surface area contributed by atoms with Crippen LogP contribution in [-0.2, 0) is 0 Å². The summed E-state index contributed by atoms with van der Waals surface area (Å²) in [5.74, 6) is -1.38. The minimum Gasteiger partial charge on any atom is -0.478 e. The molecule has 21 heavy (non-hydrogen) atoms. The van der Waals surface area contributed by atoms with Crippen LogP contribution in [0.2, 0.25) is 5.02 Å². The summed E-state index contributed by atoms with van der Waals surface area (Å²) in [7, 11) is 0. The van der Waals surface area contributed by atoms with Crippen molar-refractivity contribution in [3.05, 3.63) is 64.4 Å². The summed E-state index contributed by atoms with van der Waals surface area (Å²) in [5.41, 5.74) is 1.48. The molecule has 0 radical (unpaired) electrons. The lowest BCUT2D eigenvalue weighted by Gasteiger charge is -2.19. The Bertz CT molecular complexity index is 660. The van der Waals surface area contributed by atoms with E-state index in [1.165, 1.54) is 24.3 Å². The largest absolute Gasteiger partial charge is 0.478 e. The fraction of sp³-hybridized carbons (Fsp3) is 0.188. The Morgan fingerprint density at radius 3 is 2.71 bits per heavy atom. The number of hydrogen-bond donors (Lipinski definition) is 2. The predicted octanol–water partition coefficient (Wildman–Crippen LogP) is 4.74. The Balaban J connectivity index is 2.27. The van der Waals surface area contributed by atoms with E-state index in [2.05, 4.69) is 5.32 Å². The van der Waals surface area contributed by atoms with Gasteiger partial charge in [0, 0.05) is 5.69 Å². The van der Waals surface area contributed by atoms with Gasteiger partial charge in [-0.1, -0.05) is 30.7 Å². The third-order valence-corrected chi connectivity index (χ3v) is 3.53. The molecule has 0 bridgehead atoms. The second kappa shape index (κ2) is 6.59. The average molecular weight is 308 g/mol. The molecule has 2 rings (SSSR count). The van der Waals surface area contributed by atoms with E-state index in [0.29, 0.717) is 5.69 Å². The summed E-state index contributed by atoms with van der Waals surface area (Å²) in [4.78, 5) is 11.1. The van der Waals surface area contributed by atoms with Gasteiger partial charge < -0.3 is 10.4 Å². The Kier molecular flexibility index (Phi) is 4.81. The van der Waals surface area contributed by atoms with Crippen LogP contribution in [0.5, 0.6) is 0 Å². The molecule has 0 heterocycles. The molecule has 0 aromatic heterocycles. The quantitative estimate of drug-likeness (QED) is 0.838. The molecule has 1 atom stereocenters. The van der Waals surface area contributed by atoms with Gasteiger partial charge in [0.15, 0.2) is 0 Å². The molecule has 0 aliphatic rings. The van der Waals surface area contributed by atoms with Crippen molar-refractivity contribution < 1.29 is 14.3 Å². The highest BCUT2D eigenvalue weighted by Gasteiger charge is 2.13. The summed E-state index contributed by atoms with van der Waals surface area (Å²) in [6, 6.07) is 11.0. The van der Waals surface area contributed by atoms with Crippen LogP contribution in [0.3, 0.4) is 0 Å². The molecule has 0 aliphatic heterocycles. The molecule has 0 fully saturated rings. The zero-order valence-electron chi connectivity index (χ0n) is 11.4. The molecular weight excluding hydrogens is 293 g/mol. The zero-order valence-corrected chi connectivity index (χ0v) is 12.2. The summed E-state index contributed by atoms with van der Waals surface area (Å²) in [6.45, 7) is 1.97. The number of carboxylic acids is 1. The minimum atomic E-state index is -1.08. The number of carbonyl (C=O) groups is 1. The monoisotopic (exact) mass is 307 g/mol. The minimum absolute atomic E-state index is 0.0377. The average Bonchev–Trinajstić information content (AvgIpc) is 2.46. The van der Waals surface area contributed by atoms with E-state index in [0.717, 1.165) is 12.0 Å². The highest BCUT2D eigenvalue weighted by molar-refractivity contribution is 6.33. The molecule has 2 N–H and O–H groups in total. The van der Waals surface area contributed by atoms with E-state index in [4.69, 9.17) is 16.7 Å². The fourth-order valence-corrected chi connectivity index (χ4v) is 2.32. The van der Waals surface area contributed by atoms with Crippen molar-refractivity contribution in [2.24, 2.45) is 0 Å². The molecule has 0 spiro atoms. The van der Waals surface area contributed by atoms with Gasteiger partial charge in [0.2, 0.25) is 0 Å². The second-order valence-corrected chi connectivity index (χ2v) is 5.07. The number of aromatic carboxylic acids is 1. The van der Waals surface area contributed by atoms with Crippen molar-refractivity contribution in [3.8, 4) is 0 Å². The van der Waals surface area contributed by atoms with E-state index in [9.17, 15) is 9.18 Å². The smallest absolute Gasteiger partial charge is 0.337 e. The van der Waals surface area contributed by atoms with E-state index in [1.54, 1.807) is 12.1 Å². The van der Waals surface area contributed by atoms with Crippen LogP contribution in [0, 0.1) is 5.82 Å². The highest BCUT2D eigenvalue weighted by Crippen LogP contribution is 2.26. The maximum atomic E-state index is 13.3. The van der Waals surface area contributed by atoms with Gasteiger partial charge in [-0.15, -0.1) is 0 Å². The highest BCUT2D eigenvalue weighted by atomic mass is 35.5. The molecule has 110 valence electrons. The van der Waals surface area contributed by atoms with Gasteiger partial charge in [0.05, 0.1) is 16.6 Å². The lowest BCUT2D eigenvalue weighted by Crippen LogP contribution is -2.10. The molecule has 0 aliphatic carbocycles. The number of carboxylic acid groups (broad SMARTS) is 1. The van der Waals surface area contributed by atoms with E-state index >= 15 is 0 Å². The van der Waals surface area contributed by atoms with Crippen LogP contribution in [0.25, 0.3) is 0 Å². The Morgan fingerprint density at radius 2 is 2.10 bits per heavy atom. The normalized spacial score (nSPS) is 12.0. The number of rotatable bonds is 5. The van der Waals surface area contributed by atoms with Crippen LogP contribution in [0.4, 0.5) is 10.1 Å². The van der Waals surface area contributed by atoms with Gasteiger partial charge in [-0.2, -0.15) is 0 Å². The van der Waals surface area contributed by atoms with Gasteiger partial charge >= 0.3 is 5.97 Å². The van der Waals surface area contributed by atoms with Crippen molar-refractivity contribution in [3.63, 3.8) is 0 Å². The molecule has 3 nitrogen and oxygen atoms in total. The molecule has 5 heteroatoms.